The van der Waals surface area contributed by atoms with Crippen molar-refractivity contribution < 1.29 is 9.59 Å². The molecule has 1 saturated heterocycles. The number of nitrogens with zero attached hydrogens (tertiary/aromatic N) is 2. The van der Waals surface area contributed by atoms with E-state index >= 15 is 0 Å². The SMILES string of the molecule is CCCCCNC(=O)C(C)(C)C(=O)N1CCN(c2ccccc2)CC1. The van der Waals surface area contributed by atoms with Gasteiger partial charge in [-0.05, 0) is 32.4 Å². The zero-order valence-corrected chi connectivity index (χ0v) is 15.8. The van der Waals surface area contributed by atoms with Gasteiger partial charge in [0.15, 0.2) is 0 Å². The number of unbranched alkanes of at least 4 members (excludes halogenated alkanes) is 2. The van der Waals surface area contributed by atoms with Gasteiger partial charge >= 0.3 is 0 Å². The minimum atomic E-state index is -1.01. The quantitative estimate of drug-likeness (QED) is 0.611. The molecular formula is C20H31N3O2. The summed E-state index contributed by atoms with van der Waals surface area (Å²) in [5.74, 6) is -0.243. The number of nitrogens with one attached hydrogen (secondary N) is 1. The standard InChI is InChI=1S/C20H31N3O2/c1-4-5-9-12-21-18(24)20(2,3)19(25)23-15-13-22(14-16-23)17-10-7-6-8-11-17/h6-8,10-11H,4-5,9,12-16H2,1-3H3,(H,21,24). The molecule has 5 heteroatoms. The van der Waals surface area contributed by atoms with Crippen LogP contribution in [0.5, 0.6) is 0 Å². The van der Waals surface area contributed by atoms with Crippen molar-refractivity contribution in [1.29, 1.82) is 0 Å². The van der Waals surface area contributed by atoms with Crippen LogP contribution in [0, 0.1) is 5.41 Å². The van der Waals surface area contributed by atoms with Gasteiger partial charge in [0.25, 0.3) is 0 Å². The first-order valence-electron chi connectivity index (χ1n) is 9.34. The topological polar surface area (TPSA) is 52.7 Å². The van der Waals surface area contributed by atoms with Gasteiger partial charge in [-0.15, -0.1) is 0 Å². The molecule has 1 aromatic carbocycles. The highest BCUT2D eigenvalue weighted by Gasteiger charge is 2.39. The molecule has 2 rings (SSSR count). The van der Waals surface area contributed by atoms with E-state index in [1.807, 2.05) is 23.1 Å². The number of piperazine rings is 1. The van der Waals surface area contributed by atoms with Gasteiger partial charge in [-0.1, -0.05) is 38.0 Å². The average molecular weight is 345 g/mol. The normalized spacial score (nSPS) is 15.2. The lowest BCUT2D eigenvalue weighted by atomic mass is 9.90. The van der Waals surface area contributed by atoms with E-state index in [1.54, 1.807) is 13.8 Å². The van der Waals surface area contributed by atoms with Gasteiger partial charge < -0.3 is 15.1 Å². The lowest BCUT2D eigenvalue weighted by molar-refractivity contribution is -0.148. The van der Waals surface area contributed by atoms with E-state index in [4.69, 9.17) is 0 Å². The molecule has 1 aliphatic heterocycles. The number of hydrogen-bond donors (Lipinski definition) is 1. The largest absolute Gasteiger partial charge is 0.368 e. The summed E-state index contributed by atoms with van der Waals surface area (Å²) >= 11 is 0. The van der Waals surface area contributed by atoms with Crippen molar-refractivity contribution in [2.75, 3.05) is 37.6 Å². The Hall–Kier alpha value is -2.04. The monoisotopic (exact) mass is 345 g/mol. The molecule has 0 spiro atoms. The predicted molar refractivity (Wildman–Crippen MR) is 102 cm³/mol. The molecule has 1 aliphatic rings. The molecule has 0 saturated carbocycles. The summed E-state index contributed by atoms with van der Waals surface area (Å²) in [6.45, 7) is 9.13. The van der Waals surface area contributed by atoms with E-state index in [0.717, 1.165) is 32.4 Å². The third-order valence-electron chi connectivity index (χ3n) is 4.86. The summed E-state index contributed by atoms with van der Waals surface area (Å²) in [7, 11) is 0. The summed E-state index contributed by atoms with van der Waals surface area (Å²) in [5.41, 5.74) is 0.170. The molecule has 138 valence electrons. The van der Waals surface area contributed by atoms with Crippen molar-refractivity contribution in [2.45, 2.75) is 40.0 Å². The second-order valence-corrected chi connectivity index (χ2v) is 7.20. The van der Waals surface area contributed by atoms with Gasteiger partial charge in [-0.3, -0.25) is 9.59 Å². The smallest absolute Gasteiger partial charge is 0.237 e. The molecule has 0 aliphatic carbocycles. The van der Waals surface area contributed by atoms with E-state index < -0.39 is 5.41 Å². The number of para-hydroxylation sites is 1. The van der Waals surface area contributed by atoms with Gasteiger partial charge in [0.2, 0.25) is 11.8 Å². The van der Waals surface area contributed by atoms with Gasteiger partial charge in [-0.25, -0.2) is 0 Å². The van der Waals surface area contributed by atoms with Crippen LogP contribution >= 0.6 is 0 Å². The first kappa shape index (κ1) is 19.3. The molecule has 2 amide bonds. The van der Waals surface area contributed by atoms with E-state index in [0.29, 0.717) is 19.6 Å². The van der Waals surface area contributed by atoms with Crippen molar-refractivity contribution >= 4 is 17.5 Å². The zero-order chi connectivity index (χ0) is 18.3. The number of anilines is 1. The van der Waals surface area contributed by atoms with E-state index in [-0.39, 0.29) is 11.8 Å². The highest BCUT2D eigenvalue weighted by atomic mass is 16.2. The molecular weight excluding hydrogens is 314 g/mol. The van der Waals surface area contributed by atoms with Crippen LogP contribution in [0.15, 0.2) is 30.3 Å². The van der Waals surface area contributed by atoms with Crippen LogP contribution in [0.1, 0.15) is 40.0 Å². The fraction of sp³-hybridized carbons (Fsp3) is 0.600. The third kappa shape index (κ3) is 4.97. The van der Waals surface area contributed by atoms with Crippen molar-refractivity contribution in [3.05, 3.63) is 30.3 Å². The molecule has 0 bridgehead atoms. The second-order valence-electron chi connectivity index (χ2n) is 7.20. The number of benzene rings is 1. The van der Waals surface area contributed by atoms with E-state index in [1.165, 1.54) is 5.69 Å². The molecule has 1 N–H and O–H groups in total. The van der Waals surface area contributed by atoms with Crippen LogP contribution in [0.3, 0.4) is 0 Å². The Kier molecular flexibility index (Phi) is 6.85. The van der Waals surface area contributed by atoms with Crippen molar-refractivity contribution in [3.63, 3.8) is 0 Å². The maximum atomic E-state index is 12.8. The Morgan fingerprint density at radius 2 is 1.68 bits per heavy atom. The van der Waals surface area contributed by atoms with Gasteiger partial charge in [0, 0.05) is 38.4 Å². The number of hydrogen-bond acceptors (Lipinski definition) is 3. The third-order valence-corrected chi connectivity index (χ3v) is 4.86. The molecule has 5 nitrogen and oxygen atoms in total. The number of amides is 2. The van der Waals surface area contributed by atoms with Crippen molar-refractivity contribution in [1.82, 2.24) is 10.2 Å². The maximum absolute atomic E-state index is 12.8. The van der Waals surface area contributed by atoms with Gasteiger partial charge in [0.1, 0.15) is 5.41 Å². The Bertz CT molecular complexity index is 564. The van der Waals surface area contributed by atoms with Crippen molar-refractivity contribution in [2.24, 2.45) is 5.41 Å². The summed E-state index contributed by atoms with van der Waals surface area (Å²) in [6, 6.07) is 10.2. The number of rotatable bonds is 7. The Balaban J connectivity index is 1.86. The lowest BCUT2D eigenvalue weighted by Crippen LogP contribution is -2.55. The molecule has 1 heterocycles. The molecule has 1 aromatic rings. The summed E-state index contributed by atoms with van der Waals surface area (Å²) < 4.78 is 0. The van der Waals surface area contributed by atoms with Crippen LogP contribution in [-0.4, -0.2) is 49.4 Å². The van der Waals surface area contributed by atoms with Gasteiger partial charge in [-0.2, -0.15) is 0 Å². The maximum Gasteiger partial charge on any atom is 0.237 e. The first-order valence-corrected chi connectivity index (χ1v) is 9.34. The molecule has 0 unspecified atom stereocenters. The fourth-order valence-corrected chi connectivity index (χ4v) is 3.10. The van der Waals surface area contributed by atoms with E-state index in [2.05, 4.69) is 29.3 Å². The Labute approximate surface area is 151 Å². The minimum absolute atomic E-state index is 0.0757. The van der Waals surface area contributed by atoms with Crippen LogP contribution in [-0.2, 0) is 9.59 Å². The molecule has 0 atom stereocenters. The van der Waals surface area contributed by atoms with Crippen molar-refractivity contribution in [3.8, 4) is 0 Å². The van der Waals surface area contributed by atoms with Crippen LogP contribution in [0.25, 0.3) is 0 Å². The highest BCUT2D eigenvalue weighted by molar-refractivity contribution is 6.04. The Morgan fingerprint density at radius 1 is 1.04 bits per heavy atom. The summed E-state index contributed by atoms with van der Waals surface area (Å²) in [6.07, 6.45) is 3.17. The predicted octanol–water partition coefficient (Wildman–Crippen LogP) is 2.67. The number of carbonyl (C=O) groups excluding carboxylic acids is 2. The lowest BCUT2D eigenvalue weighted by Gasteiger charge is -2.39. The zero-order valence-electron chi connectivity index (χ0n) is 15.8. The average Bonchev–Trinajstić information content (AvgIpc) is 2.65. The fourth-order valence-electron chi connectivity index (χ4n) is 3.10. The van der Waals surface area contributed by atoms with Crippen LogP contribution in [0.4, 0.5) is 5.69 Å². The van der Waals surface area contributed by atoms with Crippen LogP contribution < -0.4 is 10.2 Å². The molecule has 0 radical (unpaired) electrons. The molecule has 0 aromatic heterocycles. The second kappa shape index (κ2) is 8.88. The molecule has 25 heavy (non-hydrogen) atoms. The summed E-state index contributed by atoms with van der Waals surface area (Å²) in [4.78, 5) is 29.4. The molecule has 1 fully saturated rings. The first-order chi connectivity index (χ1) is 12.0. The Morgan fingerprint density at radius 3 is 2.28 bits per heavy atom. The van der Waals surface area contributed by atoms with Crippen LogP contribution in [0.2, 0.25) is 0 Å². The summed E-state index contributed by atoms with van der Waals surface area (Å²) in [5, 5.41) is 2.92. The number of carbonyl (C=O) groups is 2. The minimum Gasteiger partial charge on any atom is -0.368 e. The van der Waals surface area contributed by atoms with Gasteiger partial charge in [0.05, 0.1) is 0 Å². The van der Waals surface area contributed by atoms with E-state index in [9.17, 15) is 9.59 Å². The highest BCUT2D eigenvalue weighted by Crippen LogP contribution is 2.22.